The van der Waals surface area contributed by atoms with Crippen LogP contribution in [0.2, 0.25) is 0 Å². The number of carbonyl (C=O) groups is 1. The Labute approximate surface area is 111 Å². The van der Waals surface area contributed by atoms with Gasteiger partial charge in [0, 0.05) is 13.0 Å². The van der Waals surface area contributed by atoms with Gasteiger partial charge in [-0.2, -0.15) is 0 Å². The molecule has 1 rings (SSSR count). The second-order valence-corrected chi connectivity index (χ2v) is 5.26. The van der Waals surface area contributed by atoms with Crippen molar-refractivity contribution in [2.45, 2.75) is 45.6 Å². The summed E-state index contributed by atoms with van der Waals surface area (Å²) in [5.74, 6) is 0.595. The highest BCUT2D eigenvalue weighted by Gasteiger charge is 2.15. The number of amides is 1. The van der Waals surface area contributed by atoms with E-state index in [4.69, 9.17) is 21.4 Å². The molecule has 1 amide bonds. The largest absolute Gasteiger partial charge is 0.444 e. The zero-order valence-electron chi connectivity index (χ0n) is 10.9. The van der Waals surface area contributed by atoms with E-state index in [0.717, 1.165) is 12.8 Å². The number of hydrogen-bond acceptors (Lipinski definition) is 5. The van der Waals surface area contributed by atoms with Crippen LogP contribution in [0.15, 0.2) is 4.42 Å². The molecule has 1 aromatic heterocycles. The maximum atomic E-state index is 11.3. The normalized spacial score (nSPS) is 11.3. The fourth-order valence-corrected chi connectivity index (χ4v) is 1.42. The van der Waals surface area contributed by atoms with Crippen molar-refractivity contribution in [1.82, 2.24) is 15.5 Å². The smallest absolute Gasteiger partial charge is 0.407 e. The number of aromatic nitrogens is 2. The third-order valence-electron chi connectivity index (χ3n) is 1.97. The second-order valence-electron chi connectivity index (χ2n) is 4.89. The lowest BCUT2D eigenvalue weighted by Gasteiger charge is -2.19. The number of ether oxygens (including phenoxy) is 1. The number of nitrogens with one attached hydrogen (secondary N) is 2. The summed E-state index contributed by atoms with van der Waals surface area (Å²) in [5, 5.41) is 9.14. The molecular weight excluding hydrogens is 254 g/mol. The molecule has 0 radical (unpaired) electrons. The summed E-state index contributed by atoms with van der Waals surface area (Å²) in [7, 11) is 0. The molecule has 0 aromatic carbocycles. The van der Waals surface area contributed by atoms with Crippen molar-refractivity contribution in [2.24, 2.45) is 0 Å². The topological polar surface area (TPSA) is 80.1 Å². The highest BCUT2D eigenvalue weighted by Crippen LogP contribution is 2.06. The lowest BCUT2D eigenvalue weighted by molar-refractivity contribution is 0.0527. The van der Waals surface area contributed by atoms with Gasteiger partial charge < -0.3 is 14.5 Å². The third-order valence-corrected chi connectivity index (χ3v) is 2.14. The van der Waals surface area contributed by atoms with Crippen LogP contribution in [-0.2, 0) is 11.2 Å². The Morgan fingerprint density at radius 1 is 1.50 bits per heavy atom. The minimum Gasteiger partial charge on any atom is -0.444 e. The van der Waals surface area contributed by atoms with E-state index in [0.29, 0.717) is 18.9 Å². The quantitative estimate of drug-likeness (QED) is 0.636. The Hall–Kier alpha value is -1.37. The zero-order valence-corrected chi connectivity index (χ0v) is 11.7. The minimum absolute atomic E-state index is 0.289. The molecule has 0 aliphatic heterocycles. The van der Waals surface area contributed by atoms with Gasteiger partial charge in [-0.15, -0.1) is 5.10 Å². The lowest BCUT2D eigenvalue weighted by Crippen LogP contribution is -2.33. The van der Waals surface area contributed by atoms with Crippen molar-refractivity contribution in [2.75, 3.05) is 6.54 Å². The van der Waals surface area contributed by atoms with E-state index in [1.54, 1.807) is 0 Å². The molecule has 0 aliphatic carbocycles. The molecule has 7 heteroatoms. The van der Waals surface area contributed by atoms with Crippen LogP contribution in [0.1, 0.15) is 39.5 Å². The predicted molar refractivity (Wildman–Crippen MR) is 68.9 cm³/mol. The fourth-order valence-electron chi connectivity index (χ4n) is 1.27. The van der Waals surface area contributed by atoms with Crippen LogP contribution >= 0.6 is 12.2 Å². The van der Waals surface area contributed by atoms with Crippen molar-refractivity contribution < 1.29 is 13.9 Å². The van der Waals surface area contributed by atoms with Crippen LogP contribution in [0.4, 0.5) is 4.79 Å². The number of H-pyrrole nitrogens is 1. The Bertz CT molecular complexity index is 433. The molecule has 0 aliphatic rings. The van der Waals surface area contributed by atoms with Gasteiger partial charge in [-0.25, -0.2) is 9.89 Å². The van der Waals surface area contributed by atoms with Gasteiger partial charge in [0.1, 0.15) is 5.60 Å². The summed E-state index contributed by atoms with van der Waals surface area (Å²) < 4.78 is 10.2. The predicted octanol–water partition coefficient (Wildman–Crippen LogP) is 2.58. The summed E-state index contributed by atoms with van der Waals surface area (Å²) in [6, 6.07) is 0. The molecule has 18 heavy (non-hydrogen) atoms. The van der Waals surface area contributed by atoms with Gasteiger partial charge in [-0.3, -0.25) is 0 Å². The average Bonchev–Trinajstić information content (AvgIpc) is 2.61. The van der Waals surface area contributed by atoms with E-state index in [-0.39, 0.29) is 10.9 Å². The summed E-state index contributed by atoms with van der Waals surface area (Å²) in [6.45, 7) is 6.06. The van der Waals surface area contributed by atoms with Crippen LogP contribution in [0, 0.1) is 4.84 Å². The highest BCUT2D eigenvalue weighted by atomic mass is 32.1. The molecule has 0 spiro atoms. The number of carbonyl (C=O) groups excluding carboxylic acids is 1. The third kappa shape index (κ3) is 6.39. The molecule has 0 saturated carbocycles. The van der Waals surface area contributed by atoms with Gasteiger partial charge in [-0.1, -0.05) is 0 Å². The molecule has 0 unspecified atom stereocenters. The first-order valence-electron chi connectivity index (χ1n) is 5.88. The summed E-state index contributed by atoms with van der Waals surface area (Å²) in [5.41, 5.74) is -0.460. The monoisotopic (exact) mass is 273 g/mol. The maximum Gasteiger partial charge on any atom is 0.407 e. The van der Waals surface area contributed by atoms with Gasteiger partial charge in [0.15, 0.2) is 0 Å². The first kappa shape index (κ1) is 14.7. The second kappa shape index (κ2) is 6.53. The van der Waals surface area contributed by atoms with Gasteiger partial charge in [-0.05, 0) is 45.8 Å². The average molecular weight is 273 g/mol. The van der Waals surface area contributed by atoms with Gasteiger partial charge in [0.05, 0.1) is 0 Å². The van der Waals surface area contributed by atoms with E-state index < -0.39 is 5.60 Å². The molecule has 0 saturated heterocycles. The number of aromatic amines is 1. The van der Waals surface area contributed by atoms with E-state index in [1.807, 2.05) is 20.8 Å². The van der Waals surface area contributed by atoms with Gasteiger partial charge in [0.2, 0.25) is 5.89 Å². The van der Waals surface area contributed by atoms with Crippen LogP contribution < -0.4 is 5.32 Å². The molecule has 0 atom stereocenters. The Kier molecular flexibility index (Phi) is 5.33. The Balaban J connectivity index is 2.08. The van der Waals surface area contributed by atoms with Crippen LogP contribution in [-0.4, -0.2) is 28.4 Å². The fraction of sp³-hybridized carbons (Fsp3) is 0.727. The maximum absolute atomic E-state index is 11.3. The molecule has 1 aromatic rings. The number of unbranched alkanes of at least 4 members (excludes halogenated alkanes) is 1. The number of rotatable bonds is 5. The van der Waals surface area contributed by atoms with Crippen LogP contribution in [0.3, 0.4) is 0 Å². The van der Waals surface area contributed by atoms with Crippen LogP contribution in [0.25, 0.3) is 0 Å². The number of aryl methyl sites for hydroxylation is 1. The molecule has 6 nitrogen and oxygen atoms in total. The van der Waals surface area contributed by atoms with Crippen molar-refractivity contribution >= 4 is 18.3 Å². The minimum atomic E-state index is -0.460. The van der Waals surface area contributed by atoms with E-state index >= 15 is 0 Å². The Morgan fingerprint density at radius 3 is 2.78 bits per heavy atom. The molecule has 0 bridgehead atoms. The first-order valence-corrected chi connectivity index (χ1v) is 6.29. The number of alkyl carbamates (subject to hydrolysis) is 1. The SMILES string of the molecule is CC(C)(C)OC(=O)NCCCCc1n[nH]c(=S)o1. The molecule has 2 N–H and O–H groups in total. The van der Waals surface area contributed by atoms with Crippen molar-refractivity contribution in [3.8, 4) is 0 Å². The molecule has 1 heterocycles. The molecule has 102 valence electrons. The summed E-state index contributed by atoms with van der Waals surface area (Å²) >= 11 is 4.76. The lowest BCUT2D eigenvalue weighted by atomic mass is 10.2. The van der Waals surface area contributed by atoms with Crippen molar-refractivity contribution in [1.29, 1.82) is 0 Å². The van der Waals surface area contributed by atoms with Crippen molar-refractivity contribution in [3.63, 3.8) is 0 Å². The molecular formula is C11H19N3O3S. The summed E-state index contributed by atoms with van der Waals surface area (Å²) in [4.78, 5) is 11.6. The van der Waals surface area contributed by atoms with Crippen LogP contribution in [0.5, 0.6) is 0 Å². The molecule has 0 fully saturated rings. The number of hydrogen-bond donors (Lipinski definition) is 2. The number of nitrogens with zero attached hydrogens (tertiary/aromatic N) is 1. The standard InChI is InChI=1S/C11H19N3O3S/c1-11(2,3)17-9(15)12-7-5-4-6-8-13-14-10(18)16-8/h4-7H2,1-3H3,(H,12,15)(H,14,18). The first-order chi connectivity index (χ1) is 8.37. The zero-order chi connectivity index (χ0) is 13.6. The van der Waals surface area contributed by atoms with Crippen molar-refractivity contribution in [3.05, 3.63) is 10.7 Å². The van der Waals surface area contributed by atoms with Gasteiger partial charge in [0.25, 0.3) is 4.84 Å². The van der Waals surface area contributed by atoms with E-state index in [2.05, 4.69) is 15.5 Å². The Morgan fingerprint density at radius 2 is 2.22 bits per heavy atom. The van der Waals surface area contributed by atoms with Gasteiger partial charge >= 0.3 is 6.09 Å². The summed E-state index contributed by atoms with van der Waals surface area (Å²) in [6.07, 6.45) is 2.00. The van der Waals surface area contributed by atoms with E-state index in [1.165, 1.54) is 0 Å². The highest BCUT2D eigenvalue weighted by molar-refractivity contribution is 7.71. The van der Waals surface area contributed by atoms with E-state index in [9.17, 15) is 4.79 Å².